The molecule has 7 heteroatoms. The molecule has 1 saturated heterocycles. The summed E-state index contributed by atoms with van der Waals surface area (Å²) in [5.41, 5.74) is 2.29. The van der Waals surface area contributed by atoms with Gasteiger partial charge in [0.15, 0.2) is 0 Å². The zero-order chi connectivity index (χ0) is 20.6. The van der Waals surface area contributed by atoms with Crippen molar-refractivity contribution >= 4 is 11.3 Å². The lowest BCUT2D eigenvalue weighted by atomic mass is 10.1. The molecule has 1 aliphatic rings. The number of benzene rings is 1. The van der Waals surface area contributed by atoms with Crippen LogP contribution in [0.2, 0.25) is 0 Å². The molecule has 1 aromatic heterocycles. The molecule has 2 aromatic rings. The fourth-order valence-corrected chi connectivity index (χ4v) is 4.40. The van der Waals surface area contributed by atoms with Gasteiger partial charge >= 0.3 is 0 Å². The lowest BCUT2D eigenvalue weighted by Gasteiger charge is -2.30. The van der Waals surface area contributed by atoms with Crippen LogP contribution in [0.1, 0.15) is 34.0 Å². The van der Waals surface area contributed by atoms with Gasteiger partial charge in [-0.2, -0.15) is 0 Å². The molecule has 0 aliphatic carbocycles. The maximum atomic E-state index is 10.3. The number of β-amino-alcohol motifs (C(OH)–C–C–N with tert-alkyl or cyclic N) is 1. The summed E-state index contributed by atoms with van der Waals surface area (Å²) in [6, 6.07) is 8.01. The number of aromatic nitrogens is 1. The summed E-state index contributed by atoms with van der Waals surface area (Å²) >= 11 is 1.77. The van der Waals surface area contributed by atoms with E-state index < -0.39 is 6.10 Å². The first kappa shape index (κ1) is 22.2. The normalized spacial score (nSPS) is 16.8. The van der Waals surface area contributed by atoms with E-state index in [1.54, 1.807) is 11.3 Å². The number of rotatable bonds is 10. The van der Waals surface area contributed by atoms with E-state index in [-0.39, 0.29) is 12.7 Å². The zero-order valence-electron chi connectivity index (χ0n) is 17.4. The number of aliphatic hydroxyl groups is 2. The third-order valence-electron chi connectivity index (χ3n) is 5.28. The van der Waals surface area contributed by atoms with Gasteiger partial charge in [-0.3, -0.25) is 0 Å². The maximum Gasteiger partial charge on any atom is 0.119 e. The molecule has 1 unspecified atom stereocenters. The van der Waals surface area contributed by atoms with Crippen molar-refractivity contribution in [1.29, 1.82) is 0 Å². The van der Waals surface area contributed by atoms with E-state index in [0.29, 0.717) is 6.54 Å². The Morgan fingerprint density at radius 2 is 2.10 bits per heavy atom. The van der Waals surface area contributed by atoms with E-state index >= 15 is 0 Å². The van der Waals surface area contributed by atoms with Gasteiger partial charge in [0.1, 0.15) is 18.5 Å². The highest BCUT2D eigenvalue weighted by Gasteiger charge is 2.19. The van der Waals surface area contributed by atoms with Gasteiger partial charge in [-0.1, -0.05) is 12.1 Å². The van der Waals surface area contributed by atoms with Crippen LogP contribution >= 0.6 is 11.3 Å². The number of nitrogens with zero attached hydrogens (tertiary/aromatic N) is 2. The average molecular weight is 420 g/mol. The van der Waals surface area contributed by atoms with Gasteiger partial charge in [0, 0.05) is 44.0 Å². The fourth-order valence-electron chi connectivity index (χ4n) is 3.46. The third-order valence-corrected chi connectivity index (χ3v) is 6.42. The smallest absolute Gasteiger partial charge is 0.119 e. The van der Waals surface area contributed by atoms with E-state index in [4.69, 9.17) is 4.74 Å². The minimum absolute atomic E-state index is 0.189. The summed E-state index contributed by atoms with van der Waals surface area (Å²) in [5.74, 6) is 0.781. The van der Waals surface area contributed by atoms with Crippen LogP contribution in [0, 0.1) is 13.8 Å². The van der Waals surface area contributed by atoms with Crippen molar-refractivity contribution in [1.82, 2.24) is 15.2 Å². The Morgan fingerprint density at radius 1 is 1.31 bits per heavy atom. The number of thiazole rings is 1. The highest BCUT2D eigenvalue weighted by molar-refractivity contribution is 7.11. The van der Waals surface area contributed by atoms with Crippen LogP contribution in [0.25, 0.3) is 0 Å². The standard InChI is InChI=1S/C22H33N3O3S/c1-16-17(2)29-22(24-16)6-9-23-13-18-4-3-5-21(12-18)28-15-20(27)14-25-10-7-19(26)8-11-25/h3-5,12,19-20,23,26-27H,6-11,13-15H2,1-2H3. The van der Waals surface area contributed by atoms with Crippen molar-refractivity contribution in [3.8, 4) is 5.75 Å². The van der Waals surface area contributed by atoms with E-state index in [1.165, 1.54) is 9.88 Å². The number of likely N-dealkylation sites (tertiary alicyclic amines) is 1. The van der Waals surface area contributed by atoms with E-state index in [1.807, 2.05) is 18.2 Å². The molecule has 2 heterocycles. The minimum atomic E-state index is -0.530. The second kappa shape index (κ2) is 11.0. The lowest BCUT2D eigenvalue weighted by Crippen LogP contribution is -2.41. The van der Waals surface area contributed by atoms with Crippen LogP contribution in [-0.2, 0) is 13.0 Å². The zero-order valence-corrected chi connectivity index (χ0v) is 18.2. The SMILES string of the molecule is Cc1nc(CCNCc2cccc(OCC(O)CN3CCC(O)CC3)c2)sc1C. The Kier molecular flexibility index (Phi) is 8.44. The highest BCUT2D eigenvalue weighted by atomic mass is 32.1. The minimum Gasteiger partial charge on any atom is -0.491 e. The first-order valence-corrected chi connectivity index (χ1v) is 11.2. The van der Waals surface area contributed by atoms with Gasteiger partial charge in [0.05, 0.1) is 16.8 Å². The predicted molar refractivity (Wildman–Crippen MR) is 117 cm³/mol. The first-order chi connectivity index (χ1) is 14.0. The lowest BCUT2D eigenvalue weighted by molar-refractivity contribution is 0.0337. The molecule has 1 fully saturated rings. The Morgan fingerprint density at radius 3 is 2.83 bits per heavy atom. The second-order valence-corrected chi connectivity index (χ2v) is 9.11. The Labute approximate surface area is 177 Å². The topological polar surface area (TPSA) is 77.9 Å². The van der Waals surface area contributed by atoms with Gasteiger partial charge in [0.2, 0.25) is 0 Å². The van der Waals surface area contributed by atoms with Crippen LogP contribution < -0.4 is 10.1 Å². The van der Waals surface area contributed by atoms with Gasteiger partial charge in [-0.25, -0.2) is 4.98 Å². The number of aliphatic hydroxyl groups excluding tert-OH is 2. The van der Waals surface area contributed by atoms with Crippen LogP contribution in [0.15, 0.2) is 24.3 Å². The highest BCUT2D eigenvalue weighted by Crippen LogP contribution is 2.17. The molecule has 1 aliphatic heterocycles. The molecule has 0 bridgehead atoms. The molecule has 0 saturated carbocycles. The van der Waals surface area contributed by atoms with Gasteiger partial charge in [0.25, 0.3) is 0 Å². The number of ether oxygens (including phenoxy) is 1. The van der Waals surface area contributed by atoms with Crippen LogP contribution in [0.5, 0.6) is 5.75 Å². The molecule has 29 heavy (non-hydrogen) atoms. The molecule has 6 nitrogen and oxygen atoms in total. The van der Waals surface area contributed by atoms with Crippen molar-refractivity contribution in [2.45, 2.75) is 51.9 Å². The number of hydrogen-bond donors (Lipinski definition) is 3. The van der Waals surface area contributed by atoms with Crippen molar-refractivity contribution in [3.05, 3.63) is 45.4 Å². The van der Waals surface area contributed by atoms with Crippen LogP contribution in [0.4, 0.5) is 0 Å². The third kappa shape index (κ3) is 7.35. The number of hydrogen-bond acceptors (Lipinski definition) is 7. The number of piperidine rings is 1. The summed E-state index contributed by atoms with van der Waals surface area (Å²) in [5, 5.41) is 24.5. The monoisotopic (exact) mass is 419 g/mol. The van der Waals surface area contributed by atoms with E-state index in [0.717, 1.165) is 62.4 Å². The predicted octanol–water partition coefficient (Wildman–Crippen LogP) is 2.29. The maximum absolute atomic E-state index is 10.3. The molecule has 3 rings (SSSR count). The van der Waals surface area contributed by atoms with Crippen molar-refractivity contribution in [2.75, 3.05) is 32.8 Å². The van der Waals surface area contributed by atoms with Gasteiger partial charge in [-0.15, -0.1) is 11.3 Å². The molecule has 0 spiro atoms. The summed E-state index contributed by atoms with van der Waals surface area (Å²) in [4.78, 5) is 8.06. The quantitative estimate of drug-likeness (QED) is 0.513. The Hall–Kier alpha value is -1.51. The van der Waals surface area contributed by atoms with Crippen LogP contribution in [-0.4, -0.2) is 65.1 Å². The van der Waals surface area contributed by atoms with Crippen molar-refractivity contribution in [3.63, 3.8) is 0 Å². The Bertz CT molecular complexity index is 740. The summed E-state index contributed by atoms with van der Waals surface area (Å²) in [7, 11) is 0. The van der Waals surface area contributed by atoms with Gasteiger partial charge < -0.3 is 25.2 Å². The largest absolute Gasteiger partial charge is 0.491 e. The van der Waals surface area contributed by atoms with Crippen molar-refractivity contribution in [2.24, 2.45) is 0 Å². The van der Waals surface area contributed by atoms with Gasteiger partial charge in [-0.05, 0) is 44.4 Å². The molecular weight excluding hydrogens is 386 g/mol. The summed E-state index contributed by atoms with van der Waals surface area (Å²) in [6.45, 7) is 8.37. The molecule has 160 valence electrons. The van der Waals surface area contributed by atoms with E-state index in [2.05, 4.69) is 35.1 Å². The average Bonchev–Trinajstić information content (AvgIpc) is 3.03. The molecule has 0 amide bonds. The van der Waals surface area contributed by atoms with Crippen molar-refractivity contribution < 1.29 is 14.9 Å². The number of nitrogens with one attached hydrogen (secondary N) is 1. The molecule has 1 aromatic carbocycles. The molecule has 0 radical (unpaired) electrons. The number of aryl methyl sites for hydroxylation is 2. The fraction of sp³-hybridized carbons (Fsp3) is 0.591. The summed E-state index contributed by atoms with van der Waals surface area (Å²) < 4.78 is 5.80. The first-order valence-electron chi connectivity index (χ1n) is 10.4. The Balaban J connectivity index is 1.36. The molecule has 3 N–H and O–H groups in total. The van der Waals surface area contributed by atoms with E-state index in [9.17, 15) is 10.2 Å². The van der Waals surface area contributed by atoms with Crippen LogP contribution in [0.3, 0.4) is 0 Å². The summed E-state index contributed by atoms with van der Waals surface area (Å²) in [6.07, 6.45) is 1.78. The molecule has 1 atom stereocenters. The molecular formula is C22H33N3O3S. The second-order valence-electron chi connectivity index (χ2n) is 7.82.